The molecule has 0 spiro atoms. The van der Waals surface area contributed by atoms with Crippen LogP contribution in [0, 0.1) is 12.3 Å². The third kappa shape index (κ3) is 1.76. The third-order valence-corrected chi connectivity index (χ3v) is 3.08. The van der Waals surface area contributed by atoms with Gasteiger partial charge in [0.1, 0.15) is 11.4 Å². The maximum atomic E-state index is 5.69. The number of rotatable bonds is 0. The van der Waals surface area contributed by atoms with E-state index in [1.54, 1.807) is 0 Å². The molecule has 2 rings (SSSR count). The summed E-state index contributed by atoms with van der Waals surface area (Å²) < 4.78 is 5.69. The van der Waals surface area contributed by atoms with Crippen molar-refractivity contribution in [2.75, 3.05) is 6.61 Å². The number of allylic oxidation sites excluding steroid dienone is 1. The molecule has 1 aromatic heterocycles. The lowest BCUT2D eigenvalue weighted by Gasteiger charge is -2.23. The molecule has 1 aliphatic heterocycles. The molecule has 15 heavy (non-hydrogen) atoms. The first kappa shape index (κ1) is 10.2. The largest absolute Gasteiger partial charge is 0.491 e. The molecule has 0 atom stereocenters. The number of pyridine rings is 1. The Balaban J connectivity index is 2.54. The van der Waals surface area contributed by atoms with Gasteiger partial charge in [0.05, 0.1) is 6.61 Å². The van der Waals surface area contributed by atoms with Crippen LogP contribution in [0.5, 0.6) is 5.75 Å². The second-order valence-electron chi connectivity index (χ2n) is 4.76. The van der Waals surface area contributed by atoms with Crippen LogP contribution in [0.25, 0.3) is 5.57 Å². The molecular weight excluding hydrogens is 186 g/mol. The molecule has 0 unspecified atom stereocenters. The lowest BCUT2D eigenvalue weighted by atomic mass is 9.81. The predicted octanol–water partition coefficient (Wildman–Crippen LogP) is 3.21. The summed E-state index contributed by atoms with van der Waals surface area (Å²) in [5.74, 6) is 0.871. The Morgan fingerprint density at radius 3 is 2.87 bits per heavy atom. The van der Waals surface area contributed by atoms with Crippen molar-refractivity contribution in [3.63, 3.8) is 0 Å². The van der Waals surface area contributed by atoms with E-state index in [1.807, 2.05) is 19.1 Å². The van der Waals surface area contributed by atoms with Gasteiger partial charge in [-0.2, -0.15) is 0 Å². The Morgan fingerprint density at radius 2 is 2.13 bits per heavy atom. The molecule has 0 saturated heterocycles. The first-order valence-electron chi connectivity index (χ1n) is 5.31. The fourth-order valence-corrected chi connectivity index (χ4v) is 1.76. The van der Waals surface area contributed by atoms with E-state index in [4.69, 9.17) is 4.74 Å². The first-order chi connectivity index (χ1) is 7.00. The zero-order valence-electron chi connectivity index (χ0n) is 9.63. The molecule has 1 aromatic rings. The standard InChI is InChI=1S/C13H17NO/c1-9-5-6-11-12(14-9)10(2)13(3,4)7-8-15-11/h5-6H,2,7-8H2,1,3-4H3. The van der Waals surface area contributed by atoms with Gasteiger partial charge in [0.2, 0.25) is 0 Å². The van der Waals surface area contributed by atoms with Gasteiger partial charge in [0, 0.05) is 5.69 Å². The zero-order chi connectivity index (χ0) is 11.1. The Hall–Kier alpha value is -1.31. The normalized spacial score (nSPS) is 19.0. The molecule has 2 heterocycles. The smallest absolute Gasteiger partial charge is 0.145 e. The van der Waals surface area contributed by atoms with Crippen molar-refractivity contribution in [3.05, 3.63) is 30.1 Å². The fraction of sp³-hybridized carbons (Fsp3) is 0.462. The van der Waals surface area contributed by atoms with Gasteiger partial charge in [-0.1, -0.05) is 20.4 Å². The summed E-state index contributed by atoms with van der Waals surface area (Å²) in [5, 5.41) is 0. The van der Waals surface area contributed by atoms with Gasteiger partial charge >= 0.3 is 0 Å². The van der Waals surface area contributed by atoms with Crippen LogP contribution in [0.4, 0.5) is 0 Å². The Bertz CT molecular complexity index is 407. The number of aryl methyl sites for hydroxylation is 1. The molecule has 2 heteroatoms. The van der Waals surface area contributed by atoms with Crippen LogP contribution < -0.4 is 4.74 Å². The summed E-state index contributed by atoms with van der Waals surface area (Å²) in [4.78, 5) is 4.53. The zero-order valence-corrected chi connectivity index (χ0v) is 9.63. The topological polar surface area (TPSA) is 22.1 Å². The second-order valence-corrected chi connectivity index (χ2v) is 4.76. The number of nitrogens with zero attached hydrogens (tertiary/aromatic N) is 1. The van der Waals surface area contributed by atoms with E-state index in [-0.39, 0.29) is 5.41 Å². The molecule has 80 valence electrons. The lowest BCUT2D eigenvalue weighted by molar-refractivity contribution is 0.276. The summed E-state index contributed by atoms with van der Waals surface area (Å²) in [7, 11) is 0. The Kier molecular flexibility index (Phi) is 2.29. The highest BCUT2D eigenvalue weighted by atomic mass is 16.5. The van der Waals surface area contributed by atoms with Crippen molar-refractivity contribution in [1.82, 2.24) is 4.98 Å². The number of fused-ring (bicyclic) bond motifs is 1. The van der Waals surface area contributed by atoms with Crippen LogP contribution in [0.1, 0.15) is 31.7 Å². The minimum atomic E-state index is 0.0754. The maximum Gasteiger partial charge on any atom is 0.145 e. The van der Waals surface area contributed by atoms with E-state index in [0.29, 0.717) is 0 Å². The van der Waals surface area contributed by atoms with Crippen molar-refractivity contribution >= 4 is 5.57 Å². The molecule has 0 aliphatic carbocycles. The molecule has 0 aromatic carbocycles. The van der Waals surface area contributed by atoms with Crippen molar-refractivity contribution in [2.24, 2.45) is 5.41 Å². The number of hydrogen-bond acceptors (Lipinski definition) is 2. The third-order valence-electron chi connectivity index (χ3n) is 3.08. The van der Waals surface area contributed by atoms with E-state index in [1.165, 1.54) is 0 Å². The van der Waals surface area contributed by atoms with Gasteiger partial charge in [-0.3, -0.25) is 0 Å². The first-order valence-corrected chi connectivity index (χ1v) is 5.31. The summed E-state index contributed by atoms with van der Waals surface area (Å²) in [6.45, 7) is 11.3. The van der Waals surface area contributed by atoms with E-state index >= 15 is 0 Å². The minimum Gasteiger partial charge on any atom is -0.491 e. The molecule has 1 aliphatic rings. The van der Waals surface area contributed by atoms with Gasteiger partial charge < -0.3 is 4.74 Å². The lowest BCUT2D eigenvalue weighted by Crippen LogP contribution is -2.14. The van der Waals surface area contributed by atoms with Crippen LogP contribution in [0.15, 0.2) is 18.7 Å². The second kappa shape index (κ2) is 3.37. The highest BCUT2D eigenvalue weighted by Gasteiger charge is 2.29. The fourth-order valence-electron chi connectivity index (χ4n) is 1.76. The number of ether oxygens (including phenoxy) is 1. The average Bonchev–Trinajstić information content (AvgIpc) is 2.27. The van der Waals surface area contributed by atoms with Gasteiger partial charge in [0.15, 0.2) is 0 Å². The van der Waals surface area contributed by atoms with Crippen LogP contribution in [0.3, 0.4) is 0 Å². The van der Waals surface area contributed by atoms with Crippen LogP contribution in [-0.4, -0.2) is 11.6 Å². The van der Waals surface area contributed by atoms with E-state index in [2.05, 4.69) is 25.4 Å². The molecule has 0 amide bonds. The summed E-state index contributed by atoms with van der Waals surface area (Å²) in [5.41, 5.74) is 3.10. The molecule has 0 N–H and O–H groups in total. The summed E-state index contributed by atoms with van der Waals surface area (Å²) in [6, 6.07) is 3.97. The molecule has 0 bridgehead atoms. The van der Waals surface area contributed by atoms with Crippen molar-refractivity contribution < 1.29 is 4.74 Å². The molecule has 0 radical (unpaired) electrons. The SMILES string of the molecule is C=C1c2nc(C)ccc2OCCC1(C)C. The predicted molar refractivity (Wildman–Crippen MR) is 61.9 cm³/mol. The molecule has 2 nitrogen and oxygen atoms in total. The number of aromatic nitrogens is 1. The van der Waals surface area contributed by atoms with Crippen LogP contribution in [0.2, 0.25) is 0 Å². The minimum absolute atomic E-state index is 0.0754. The highest BCUT2D eigenvalue weighted by molar-refractivity contribution is 5.70. The van der Waals surface area contributed by atoms with Crippen LogP contribution in [-0.2, 0) is 0 Å². The molecule has 0 saturated carbocycles. The van der Waals surface area contributed by atoms with Gasteiger partial charge in [0.25, 0.3) is 0 Å². The molecule has 0 fully saturated rings. The number of hydrogen-bond donors (Lipinski definition) is 0. The van der Waals surface area contributed by atoms with Crippen molar-refractivity contribution in [2.45, 2.75) is 27.2 Å². The van der Waals surface area contributed by atoms with Gasteiger partial charge in [-0.05, 0) is 36.5 Å². The van der Waals surface area contributed by atoms with Gasteiger partial charge in [-0.15, -0.1) is 0 Å². The Labute approximate surface area is 91.0 Å². The van der Waals surface area contributed by atoms with Crippen molar-refractivity contribution in [3.8, 4) is 5.75 Å². The molecular formula is C13H17NO. The van der Waals surface area contributed by atoms with Crippen LogP contribution >= 0.6 is 0 Å². The highest BCUT2D eigenvalue weighted by Crippen LogP contribution is 2.41. The summed E-state index contributed by atoms with van der Waals surface area (Å²) >= 11 is 0. The van der Waals surface area contributed by atoms with E-state index in [0.717, 1.165) is 35.7 Å². The quantitative estimate of drug-likeness (QED) is 0.646. The van der Waals surface area contributed by atoms with Gasteiger partial charge in [-0.25, -0.2) is 4.98 Å². The Morgan fingerprint density at radius 1 is 1.40 bits per heavy atom. The average molecular weight is 203 g/mol. The van der Waals surface area contributed by atoms with E-state index in [9.17, 15) is 0 Å². The van der Waals surface area contributed by atoms with E-state index < -0.39 is 0 Å². The maximum absolute atomic E-state index is 5.69. The van der Waals surface area contributed by atoms with Crippen molar-refractivity contribution in [1.29, 1.82) is 0 Å². The summed E-state index contributed by atoms with van der Waals surface area (Å²) in [6.07, 6.45) is 0.987. The monoisotopic (exact) mass is 203 g/mol.